The van der Waals surface area contributed by atoms with Crippen LogP contribution >= 0.6 is 0 Å². The second-order valence-corrected chi connectivity index (χ2v) is 6.92. The summed E-state index contributed by atoms with van der Waals surface area (Å²) in [5, 5.41) is 21.1. The Morgan fingerprint density at radius 2 is 1.64 bits per heavy atom. The van der Waals surface area contributed by atoms with Gasteiger partial charge in [-0.15, -0.1) is 0 Å². The maximum absolute atomic E-state index is 12.7. The minimum absolute atomic E-state index is 0.0154. The summed E-state index contributed by atoms with van der Waals surface area (Å²) in [5.41, 5.74) is -0.0458. The summed E-state index contributed by atoms with van der Waals surface area (Å²) >= 11 is 0. The van der Waals surface area contributed by atoms with Gasteiger partial charge in [-0.1, -0.05) is 12.1 Å². The summed E-state index contributed by atoms with van der Waals surface area (Å²) < 4.78 is 49.0. The fourth-order valence-electron chi connectivity index (χ4n) is 2.84. The number of ketones is 1. The molecule has 33 heavy (non-hydrogen) atoms. The van der Waals surface area contributed by atoms with E-state index in [1.165, 1.54) is 31.2 Å². The first-order valence-electron chi connectivity index (χ1n) is 9.81. The molecule has 0 unspecified atom stereocenters. The molecule has 0 aromatic heterocycles. The second-order valence-electron chi connectivity index (χ2n) is 6.92. The number of benzene rings is 2. The number of halogens is 3. The molecule has 2 rings (SSSR count). The lowest BCUT2D eigenvalue weighted by molar-refractivity contribution is -0.147. The van der Waals surface area contributed by atoms with E-state index in [-0.39, 0.29) is 47.9 Å². The number of amides is 1. The highest BCUT2D eigenvalue weighted by atomic mass is 19.4. The number of carbonyl (C=O) groups is 3. The van der Waals surface area contributed by atoms with Crippen LogP contribution in [0.15, 0.2) is 36.4 Å². The molecule has 0 radical (unpaired) electrons. The highest BCUT2D eigenvalue weighted by Crippen LogP contribution is 2.35. The third-order valence-corrected chi connectivity index (χ3v) is 4.41. The number of rotatable bonds is 10. The minimum Gasteiger partial charge on any atom is -0.507 e. The van der Waals surface area contributed by atoms with E-state index in [0.29, 0.717) is 0 Å². The Morgan fingerprint density at radius 1 is 1.00 bits per heavy atom. The van der Waals surface area contributed by atoms with Crippen LogP contribution in [0.1, 0.15) is 35.7 Å². The van der Waals surface area contributed by atoms with Gasteiger partial charge in [-0.05, 0) is 37.6 Å². The van der Waals surface area contributed by atoms with Gasteiger partial charge in [0.05, 0.1) is 24.5 Å². The number of carboxylic acids is 1. The molecule has 0 heterocycles. The van der Waals surface area contributed by atoms with E-state index in [1.807, 2.05) is 0 Å². The number of hydrogen-bond acceptors (Lipinski definition) is 6. The molecule has 0 aliphatic rings. The number of carboxylic acid groups (broad SMARTS) is 1. The summed E-state index contributed by atoms with van der Waals surface area (Å²) in [6.45, 7) is 1.29. The molecule has 0 fully saturated rings. The van der Waals surface area contributed by atoms with Gasteiger partial charge in [0, 0.05) is 18.4 Å². The molecule has 0 saturated heterocycles. The van der Waals surface area contributed by atoms with Crippen molar-refractivity contribution in [2.45, 2.75) is 32.4 Å². The van der Waals surface area contributed by atoms with Gasteiger partial charge in [0.2, 0.25) is 0 Å². The van der Waals surface area contributed by atoms with Crippen LogP contribution in [-0.4, -0.2) is 47.3 Å². The number of para-hydroxylation sites is 2. The molecule has 3 N–H and O–H groups in total. The number of aliphatic carboxylic acids is 1. The third-order valence-electron chi connectivity index (χ3n) is 4.41. The van der Waals surface area contributed by atoms with Gasteiger partial charge in [0.25, 0.3) is 0 Å². The predicted octanol–water partition coefficient (Wildman–Crippen LogP) is 3.96. The molecule has 2 aromatic carbocycles. The average molecular weight is 469 g/mol. The van der Waals surface area contributed by atoms with Crippen LogP contribution in [0.3, 0.4) is 0 Å². The van der Waals surface area contributed by atoms with Crippen LogP contribution in [0.2, 0.25) is 0 Å². The molecule has 0 bridgehead atoms. The topological polar surface area (TPSA) is 122 Å². The Hall–Kier alpha value is -3.76. The molecule has 1 amide bonds. The highest BCUT2D eigenvalue weighted by molar-refractivity contribution is 6.36. The zero-order chi connectivity index (χ0) is 24.6. The number of phenols is 1. The standard InChI is InChI=1S/C22H22F3NO7/c1-13(27)14-7-8-17(15(19(14)28)9-10-22(23,24)25)32-11-4-12-33-18-6-3-2-5-16(18)26-20(29)21(30)31/h2-3,5-8,28H,4,9-12H2,1H3,(H,26,29)(H,30,31). The largest absolute Gasteiger partial charge is 0.507 e. The first kappa shape index (κ1) is 25.5. The van der Waals surface area contributed by atoms with Gasteiger partial charge in [0.15, 0.2) is 5.78 Å². The number of hydrogen-bond donors (Lipinski definition) is 3. The summed E-state index contributed by atoms with van der Waals surface area (Å²) in [6, 6.07) is 8.79. The van der Waals surface area contributed by atoms with Gasteiger partial charge in [-0.3, -0.25) is 9.59 Å². The summed E-state index contributed by atoms with van der Waals surface area (Å²) in [5.74, 6) is -3.66. The quantitative estimate of drug-likeness (QED) is 0.274. The number of phenolic OH excluding ortho intramolecular Hbond substituents is 1. The molecule has 0 aliphatic heterocycles. The fraction of sp³-hybridized carbons (Fsp3) is 0.318. The van der Waals surface area contributed by atoms with Gasteiger partial charge >= 0.3 is 18.1 Å². The molecular formula is C22H22F3NO7. The molecule has 11 heteroatoms. The zero-order valence-corrected chi connectivity index (χ0v) is 17.6. The number of ether oxygens (including phenoxy) is 2. The van der Waals surface area contributed by atoms with Crippen LogP contribution in [0.25, 0.3) is 0 Å². The summed E-state index contributed by atoms with van der Waals surface area (Å²) in [6.07, 6.45) is -5.93. The smallest absolute Gasteiger partial charge is 0.394 e. The number of nitrogens with one attached hydrogen (secondary N) is 1. The number of alkyl halides is 3. The van der Waals surface area contributed by atoms with Crippen LogP contribution in [0.5, 0.6) is 17.2 Å². The molecule has 0 aliphatic carbocycles. The van der Waals surface area contributed by atoms with Crippen molar-refractivity contribution in [2.75, 3.05) is 18.5 Å². The summed E-state index contributed by atoms with van der Waals surface area (Å²) in [7, 11) is 0. The van der Waals surface area contributed by atoms with Gasteiger partial charge < -0.3 is 25.0 Å². The lowest BCUT2D eigenvalue weighted by Gasteiger charge is -2.16. The lowest BCUT2D eigenvalue weighted by atomic mass is 10.0. The number of Topliss-reactive ketones (excluding diaryl/α,β-unsaturated/α-hetero) is 1. The van der Waals surface area contributed by atoms with Crippen molar-refractivity contribution in [3.63, 3.8) is 0 Å². The van der Waals surface area contributed by atoms with Crippen molar-refractivity contribution in [1.29, 1.82) is 0 Å². The van der Waals surface area contributed by atoms with E-state index in [1.54, 1.807) is 12.1 Å². The summed E-state index contributed by atoms with van der Waals surface area (Å²) in [4.78, 5) is 33.6. The Bertz CT molecular complexity index is 1020. The monoisotopic (exact) mass is 469 g/mol. The SMILES string of the molecule is CC(=O)c1ccc(OCCCOc2ccccc2NC(=O)C(=O)O)c(CCC(F)(F)F)c1O. The molecule has 0 atom stereocenters. The zero-order valence-electron chi connectivity index (χ0n) is 17.6. The minimum atomic E-state index is -4.45. The molecule has 0 saturated carbocycles. The van der Waals surface area contributed by atoms with Gasteiger partial charge in [-0.2, -0.15) is 13.2 Å². The van der Waals surface area contributed by atoms with E-state index >= 15 is 0 Å². The lowest BCUT2D eigenvalue weighted by Crippen LogP contribution is -2.22. The van der Waals surface area contributed by atoms with Crippen molar-refractivity contribution in [1.82, 2.24) is 0 Å². The van der Waals surface area contributed by atoms with E-state index in [9.17, 15) is 32.7 Å². The first-order chi connectivity index (χ1) is 15.5. The van der Waals surface area contributed by atoms with Crippen LogP contribution in [0.4, 0.5) is 18.9 Å². The molecule has 8 nitrogen and oxygen atoms in total. The van der Waals surface area contributed by atoms with Crippen molar-refractivity contribution < 1.29 is 47.2 Å². The first-order valence-corrected chi connectivity index (χ1v) is 9.81. The predicted molar refractivity (Wildman–Crippen MR) is 111 cm³/mol. The Labute approximate surface area is 186 Å². The Balaban J connectivity index is 1.99. The normalized spacial score (nSPS) is 11.0. The molecular weight excluding hydrogens is 447 g/mol. The number of aromatic hydroxyl groups is 1. The van der Waals surface area contributed by atoms with Crippen molar-refractivity contribution in [2.24, 2.45) is 0 Å². The van der Waals surface area contributed by atoms with E-state index in [4.69, 9.17) is 14.6 Å². The number of anilines is 1. The van der Waals surface area contributed by atoms with Crippen molar-refractivity contribution >= 4 is 23.3 Å². The van der Waals surface area contributed by atoms with Gasteiger partial charge in [-0.25, -0.2) is 4.79 Å². The molecule has 0 spiro atoms. The maximum Gasteiger partial charge on any atom is 0.394 e. The maximum atomic E-state index is 12.7. The Morgan fingerprint density at radius 3 is 2.24 bits per heavy atom. The van der Waals surface area contributed by atoms with Crippen LogP contribution in [-0.2, 0) is 16.0 Å². The van der Waals surface area contributed by atoms with Crippen molar-refractivity contribution in [3.8, 4) is 17.2 Å². The fourth-order valence-corrected chi connectivity index (χ4v) is 2.84. The van der Waals surface area contributed by atoms with Crippen molar-refractivity contribution in [3.05, 3.63) is 47.5 Å². The van der Waals surface area contributed by atoms with E-state index < -0.39 is 42.4 Å². The third kappa shape index (κ3) is 7.70. The van der Waals surface area contributed by atoms with E-state index in [0.717, 1.165) is 0 Å². The number of carbonyl (C=O) groups excluding carboxylic acids is 2. The van der Waals surface area contributed by atoms with Gasteiger partial charge in [0.1, 0.15) is 17.2 Å². The molecule has 178 valence electrons. The van der Waals surface area contributed by atoms with Crippen LogP contribution < -0.4 is 14.8 Å². The highest BCUT2D eigenvalue weighted by Gasteiger charge is 2.28. The van der Waals surface area contributed by atoms with Crippen LogP contribution in [0, 0.1) is 0 Å². The second kappa shape index (κ2) is 11.2. The molecule has 2 aromatic rings. The van der Waals surface area contributed by atoms with E-state index in [2.05, 4.69) is 5.32 Å². The Kier molecular flexibility index (Phi) is 8.66. The average Bonchev–Trinajstić information content (AvgIpc) is 2.73.